The molecule has 0 radical (unpaired) electrons. The lowest BCUT2D eigenvalue weighted by molar-refractivity contribution is -0.112. The van der Waals surface area contributed by atoms with Gasteiger partial charge in [0, 0.05) is 11.1 Å². The van der Waals surface area contributed by atoms with E-state index in [4.69, 9.17) is 0 Å². The standard InChI is InChI=1S/C38H46OP/c1-31(2)37-30-32(3)29-33(38(37)39)21-13-8-6-4-5-7-9-20-28-40(34-22-14-10-15-23-34,35-24-16-11-17-25-35)36-26-18-12-19-27-36/h10-12,14-19,22-27,29-31H,3-9,13,20-21,28H2,1-2H3/q+1. The Morgan fingerprint density at radius 2 is 1.02 bits per heavy atom. The van der Waals surface area contributed by atoms with Crippen LogP contribution in [0.1, 0.15) is 71.6 Å². The molecule has 4 rings (SSSR count). The summed E-state index contributed by atoms with van der Waals surface area (Å²) >= 11 is 0. The van der Waals surface area contributed by atoms with E-state index in [1.165, 1.54) is 67.0 Å². The molecule has 0 N–H and O–H groups in total. The fourth-order valence-electron chi connectivity index (χ4n) is 6.00. The lowest BCUT2D eigenvalue weighted by atomic mass is 9.85. The number of hydrogen-bond donors (Lipinski definition) is 0. The Kier molecular flexibility index (Phi) is 11.3. The van der Waals surface area contributed by atoms with Gasteiger partial charge in [0.1, 0.15) is 23.2 Å². The summed E-state index contributed by atoms with van der Waals surface area (Å²) in [6.07, 6.45) is 16.0. The topological polar surface area (TPSA) is 17.1 Å². The number of carbonyl (C=O) groups excluding carboxylic acids is 1. The molecular formula is C38H46OP+. The highest BCUT2D eigenvalue weighted by molar-refractivity contribution is 7.95. The van der Waals surface area contributed by atoms with Crippen molar-refractivity contribution in [2.24, 2.45) is 5.92 Å². The summed E-state index contributed by atoms with van der Waals surface area (Å²) in [5.41, 5.74) is 2.84. The van der Waals surface area contributed by atoms with E-state index in [-0.39, 0.29) is 11.7 Å². The summed E-state index contributed by atoms with van der Waals surface area (Å²) in [6, 6.07) is 33.7. The van der Waals surface area contributed by atoms with E-state index in [0.29, 0.717) is 0 Å². The summed E-state index contributed by atoms with van der Waals surface area (Å²) in [7, 11) is -1.70. The smallest absolute Gasteiger partial charge is 0.185 e. The second-order valence-corrected chi connectivity index (χ2v) is 15.1. The average molecular weight is 550 g/mol. The van der Waals surface area contributed by atoms with Crippen molar-refractivity contribution in [2.45, 2.75) is 71.6 Å². The van der Waals surface area contributed by atoms with Crippen molar-refractivity contribution in [3.8, 4) is 0 Å². The molecule has 0 amide bonds. The van der Waals surface area contributed by atoms with Gasteiger partial charge in [-0.15, -0.1) is 0 Å². The number of allylic oxidation sites excluding steroid dienone is 5. The zero-order chi connectivity index (χ0) is 28.2. The molecule has 0 unspecified atom stereocenters. The van der Waals surface area contributed by atoms with Crippen LogP contribution >= 0.6 is 7.26 Å². The van der Waals surface area contributed by atoms with Gasteiger partial charge in [-0.3, -0.25) is 4.79 Å². The monoisotopic (exact) mass is 549 g/mol. The van der Waals surface area contributed by atoms with E-state index in [9.17, 15) is 4.79 Å². The summed E-state index contributed by atoms with van der Waals surface area (Å²) in [5.74, 6) is 0.496. The lowest BCUT2D eigenvalue weighted by Gasteiger charge is -2.27. The van der Waals surface area contributed by atoms with Crippen molar-refractivity contribution in [3.05, 3.63) is 126 Å². The van der Waals surface area contributed by atoms with Crippen LogP contribution in [0.2, 0.25) is 0 Å². The minimum atomic E-state index is -1.70. The maximum absolute atomic E-state index is 12.7. The molecule has 0 aromatic heterocycles. The molecule has 0 fully saturated rings. The third-order valence-electron chi connectivity index (χ3n) is 8.16. The first-order chi connectivity index (χ1) is 19.5. The molecule has 2 heteroatoms. The van der Waals surface area contributed by atoms with Crippen molar-refractivity contribution >= 4 is 29.0 Å². The number of rotatable bonds is 15. The van der Waals surface area contributed by atoms with Gasteiger partial charge < -0.3 is 0 Å². The molecule has 3 aromatic rings. The van der Waals surface area contributed by atoms with Crippen molar-refractivity contribution < 1.29 is 4.79 Å². The Labute approximate surface area is 243 Å². The van der Waals surface area contributed by atoms with Gasteiger partial charge in [0.15, 0.2) is 5.78 Å². The predicted octanol–water partition coefficient (Wildman–Crippen LogP) is 9.14. The zero-order valence-corrected chi connectivity index (χ0v) is 25.4. The van der Waals surface area contributed by atoms with Gasteiger partial charge in [-0.1, -0.05) is 107 Å². The first-order valence-electron chi connectivity index (χ1n) is 15.2. The van der Waals surface area contributed by atoms with Crippen LogP contribution in [-0.2, 0) is 4.79 Å². The average Bonchev–Trinajstić information content (AvgIpc) is 2.99. The minimum Gasteiger partial charge on any atom is -0.289 e. The fraction of sp³-hybridized carbons (Fsp3) is 0.342. The van der Waals surface area contributed by atoms with Crippen molar-refractivity contribution in [1.29, 1.82) is 0 Å². The summed E-state index contributed by atoms with van der Waals surface area (Å²) < 4.78 is 0. The highest BCUT2D eigenvalue weighted by atomic mass is 31.2. The zero-order valence-electron chi connectivity index (χ0n) is 24.5. The summed E-state index contributed by atoms with van der Waals surface area (Å²) in [5, 5.41) is 4.45. The van der Waals surface area contributed by atoms with Gasteiger partial charge in [0.2, 0.25) is 0 Å². The number of unbranched alkanes of at least 4 members (excludes halogenated alkanes) is 7. The molecule has 0 aliphatic heterocycles. The summed E-state index contributed by atoms with van der Waals surface area (Å²) in [4.78, 5) is 12.7. The van der Waals surface area contributed by atoms with E-state index in [1.54, 1.807) is 0 Å². The van der Waals surface area contributed by atoms with Gasteiger partial charge in [-0.05, 0) is 85.7 Å². The predicted molar refractivity (Wildman–Crippen MR) is 177 cm³/mol. The second kappa shape index (κ2) is 15.1. The maximum Gasteiger partial charge on any atom is 0.185 e. The molecule has 0 atom stereocenters. The van der Waals surface area contributed by atoms with E-state index in [0.717, 1.165) is 29.6 Å². The molecule has 0 bridgehead atoms. The normalized spacial score (nSPS) is 13.9. The van der Waals surface area contributed by atoms with Crippen LogP contribution in [0.25, 0.3) is 0 Å². The van der Waals surface area contributed by atoms with Crippen LogP contribution in [0.15, 0.2) is 126 Å². The molecule has 0 heterocycles. The Bertz CT molecular complexity index is 1190. The molecule has 1 aliphatic carbocycles. The number of carbonyl (C=O) groups is 1. The first-order valence-corrected chi connectivity index (χ1v) is 17.2. The summed E-state index contributed by atoms with van der Waals surface area (Å²) in [6.45, 7) is 8.27. The Morgan fingerprint density at radius 3 is 1.48 bits per heavy atom. The quantitative estimate of drug-likeness (QED) is 0.136. The van der Waals surface area contributed by atoms with Gasteiger partial charge in [0.25, 0.3) is 0 Å². The third kappa shape index (κ3) is 7.58. The Morgan fingerprint density at radius 1 is 0.600 bits per heavy atom. The molecular weight excluding hydrogens is 503 g/mol. The van der Waals surface area contributed by atoms with Crippen molar-refractivity contribution in [2.75, 3.05) is 6.16 Å². The second-order valence-electron chi connectivity index (χ2n) is 11.4. The maximum atomic E-state index is 12.7. The van der Waals surface area contributed by atoms with Gasteiger partial charge in [-0.2, -0.15) is 0 Å². The number of ketones is 1. The molecule has 0 spiro atoms. The van der Waals surface area contributed by atoms with E-state index in [2.05, 4.69) is 111 Å². The van der Waals surface area contributed by atoms with Crippen LogP contribution in [0.4, 0.5) is 0 Å². The molecule has 1 aliphatic rings. The largest absolute Gasteiger partial charge is 0.289 e. The molecule has 3 aromatic carbocycles. The Balaban J connectivity index is 1.25. The number of hydrogen-bond acceptors (Lipinski definition) is 1. The fourth-order valence-corrected chi connectivity index (χ4v) is 10.4. The molecule has 1 nitrogen and oxygen atoms in total. The van der Waals surface area contributed by atoms with Crippen LogP contribution in [-0.4, -0.2) is 11.9 Å². The van der Waals surface area contributed by atoms with Crippen LogP contribution in [0, 0.1) is 5.92 Å². The molecule has 0 saturated carbocycles. The van der Waals surface area contributed by atoms with Gasteiger partial charge >= 0.3 is 0 Å². The SMILES string of the molecule is C=C1C=C(CCCCCCCCCC[P+](c2ccccc2)(c2ccccc2)c2ccccc2)C(=O)C(C(C)C)=C1. The minimum absolute atomic E-state index is 0.239. The van der Waals surface area contributed by atoms with E-state index in [1.807, 2.05) is 12.2 Å². The molecule has 0 saturated heterocycles. The van der Waals surface area contributed by atoms with Crippen molar-refractivity contribution in [3.63, 3.8) is 0 Å². The first kappa shape index (κ1) is 30.0. The molecule has 40 heavy (non-hydrogen) atoms. The highest BCUT2D eigenvalue weighted by Gasteiger charge is 2.44. The van der Waals surface area contributed by atoms with Crippen LogP contribution in [0.5, 0.6) is 0 Å². The van der Waals surface area contributed by atoms with Crippen molar-refractivity contribution in [1.82, 2.24) is 0 Å². The Hall–Kier alpha value is -3.02. The molecule has 208 valence electrons. The van der Waals surface area contributed by atoms with Gasteiger partial charge in [-0.25, -0.2) is 0 Å². The van der Waals surface area contributed by atoms with Crippen LogP contribution in [0.3, 0.4) is 0 Å². The number of benzene rings is 3. The highest BCUT2D eigenvalue weighted by Crippen LogP contribution is 2.56. The number of Topliss-reactive ketones (excluding diaryl/α,β-unsaturated/α-hetero) is 1. The van der Waals surface area contributed by atoms with E-state index < -0.39 is 7.26 Å². The lowest BCUT2D eigenvalue weighted by Crippen LogP contribution is -2.33. The third-order valence-corrected chi connectivity index (χ3v) is 12.7. The van der Waals surface area contributed by atoms with E-state index >= 15 is 0 Å². The van der Waals surface area contributed by atoms with Crippen LogP contribution < -0.4 is 15.9 Å². The van der Waals surface area contributed by atoms with Gasteiger partial charge in [0.05, 0.1) is 6.16 Å².